The van der Waals surface area contributed by atoms with E-state index in [4.69, 9.17) is 4.74 Å². The van der Waals surface area contributed by atoms with Crippen LogP contribution in [-0.4, -0.2) is 76.3 Å². The molecule has 2 fully saturated rings. The smallest absolute Gasteiger partial charge is 0.324 e. The minimum atomic E-state index is -0.261. The third-order valence-electron chi connectivity index (χ3n) is 4.20. The van der Waals surface area contributed by atoms with Gasteiger partial charge in [-0.2, -0.15) is 4.98 Å². The van der Waals surface area contributed by atoms with Gasteiger partial charge >= 0.3 is 6.03 Å². The molecule has 9 heteroatoms. The number of anilines is 1. The number of amides is 3. The van der Waals surface area contributed by atoms with Gasteiger partial charge in [-0.25, -0.2) is 4.79 Å². The Kier molecular flexibility index (Phi) is 4.75. The van der Waals surface area contributed by atoms with Crippen molar-refractivity contribution in [2.24, 2.45) is 5.92 Å². The normalized spacial score (nSPS) is 22.0. The highest BCUT2D eigenvalue weighted by Crippen LogP contribution is 2.20. The molecule has 3 amide bonds. The number of H-pyrrole nitrogens is 1. The summed E-state index contributed by atoms with van der Waals surface area (Å²) in [6, 6.07) is -0.261. The van der Waals surface area contributed by atoms with Crippen LogP contribution >= 0.6 is 0 Å². The number of carbonyl (C=O) groups is 2. The first-order chi connectivity index (χ1) is 11.1. The van der Waals surface area contributed by atoms with Crippen molar-refractivity contribution in [2.45, 2.75) is 19.8 Å². The summed E-state index contributed by atoms with van der Waals surface area (Å²) in [5, 5.41) is 9.23. The number of piperidine rings is 1. The summed E-state index contributed by atoms with van der Waals surface area (Å²) in [7, 11) is 0. The summed E-state index contributed by atoms with van der Waals surface area (Å²) >= 11 is 0. The first kappa shape index (κ1) is 15.7. The number of likely N-dealkylation sites (tertiary alicyclic amines) is 1. The molecule has 0 aromatic carbocycles. The standard InChI is InChI=1S/C14H22N6O3/c1-10-15-13(18-17-10)16-14(22)20-4-2-3-11(9-20)12(21)19-5-7-23-8-6-19/h11H,2-9H2,1H3,(H2,15,16,17,18,22)/t11-/m1/s1. The molecule has 2 N–H and O–H groups in total. The van der Waals surface area contributed by atoms with E-state index < -0.39 is 0 Å². The molecule has 0 unspecified atom stereocenters. The van der Waals surface area contributed by atoms with Crippen LogP contribution in [0.1, 0.15) is 18.7 Å². The van der Waals surface area contributed by atoms with E-state index in [2.05, 4.69) is 20.5 Å². The van der Waals surface area contributed by atoms with Crippen LogP contribution in [0.5, 0.6) is 0 Å². The van der Waals surface area contributed by atoms with Crippen LogP contribution in [0.3, 0.4) is 0 Å². The molecular formula is C14H22N6O3. The van der Waals surface area contributed by atoms with E-state index in [0.717, 1.165) is 12.8 Å². The molecule has 0 saturated carbocycles. The van der Waals surface area contributed by atoms with E-state index in [9.17, 15) is 9.59 Å². The number of morpholine rings is 1. The lowest BCUT2D eigenvalue weighted by Crippen LogP contribution is -2.50. The topological polar surface area (TPSA) is 103 Å². The van der Waals surface area contributed by atoms with Crippen LogP contribution in [0.2, 0.25) is 0 Å². The molecule has 2 saturated heterocycles. The first-order valence-electron chi connectivity index (χ1n) is 7.95. The van der Waals surface area contributed by atoms with Gasteiger partial charge in [0.25, 0.3) is 0 Å². The second-order valence-electron chi connectivity index (χ2n) is 5.90. The molecule has 3 rings (SSSR count). The van der Waals surface area contributed by atoms with Crippen molar-refractivity contribution in [3.63, 3.8) is 0 Å². The van der Waals surface area contributed by atoms with Gasteiger partial charge < -0.3 is 14.5 Å². The Morgan fingerprint density at radius 3 is 2.74 bits per heavy atom. The van der Waals surface area contributed by atoms with Gasteiger partial charge in [0.2, 0.25) is 11.9 Å². The van der Waals surface area contributed by atoms with Gasteiger partial charge in [0.1, 0.15) is 5.82 Å². The third-order valence-corrected chi connectivity index (χ3v) is 4.20. The van der Waals surface area contributed by atoms with Crippen molar-refractivity contribution in [2.75, 3.05) is 44.7 Å². The lowest BCUT2D eigenvalue weighted by atomic mass is 9.96. The maximum atomic E-state index is 12.6. The zero-order chi connectivity index (χ0) is 16.2. The van der Waals surface area contributed by atoms with Crippen molar-refractivity contribution in [1.29, 1.82) is 0 Å². The highest BCUT2D eigenvalue weighted by atomic mass is 16.5. The average molecular weight is 322 g/mol. The Labute approximate surface area is 134 Å². The molecular weight excluding hydrogens is 300 g/mol. The average Bonchev–Trinajstić information content (AvgIpc) is 3.00. The van der Waals surface area contributed by atoms with Gasteiger partial charge in [0.15, 0.2) is 0 Å². The Hall–Kier alpha value is -2.16. The molecule has 0 radical (unpaired) electrons. The number of rotatable bonds is 2. The molecule has 0 spiro atoms. The molecule has 23 heavy (non-hydrogen) atoms. The van der Waals surface area contributed by atoms with E-state index in [1.54, 1.807) is 11.8 Å². The predicted octanol–water partition coefficient (Wildman–Crippen LogP) is 0.216. The SMILES string of the molecule is Cc1nc(NC(=O)N2CCC[C@@H](C(=O)N3CCOCC3)C2)n[nH]1. The zero-order valence-corrected chi connectivity index (χ0v) is 13.2. The van der Waals surface area contributed by atoms with Crippen LogP contribution in [0.4, 0.5) is 10.7 Å². The summed E-state index contributed by atoms with van der Waals surface area (Å²) in [5.41, 5.74) is 0. The molecule has 1 aromatic heterocycles. The van der Waals surface area contributed by atoms with Gasteiger partial charge in [-0.15, -0.1) is 5.10 Å². The number of carbonyl (C=O) groups excluding carboxylic acids is 2. The van der Waals surface area contributed by atoms with E-state index in [1.165, 1.54) is 0 Å². The Balaban J connectivity index is 1.56. The minimum absolute atomic E-state index is 0.125. The minimum Gasteiger partial charge on any atom is -0.378 e. The van der Waals surface area contributed by atoms with E-state index >= 15 is 0 Å². The fourth-order valence-electron chi connectivity index (χ4n) is 2.98. The van der Waals surface area contributed by atoms with Crippen molar-refractivity contribution in [1.82, 2.24) is 25.0 Å². The molecule has 1 aromatic rings. The summed E-state index contributed by atoms with van der Waals surface area (Å²) in [5.74, 6) is 0.884. The second-order valence-corrected chi connectivity index (χ2v) is 5.90. The van der Waals surface area contributed by atoms with Crippen LogP contribution in [0.15, 0.2) is 0 Å². The van der Waals surface area contributed by atoms with Crippen molar-refractivity contribution in [3.05, 3.63) is 5.82 Å². The fraction of sp³-hybridized carbons (Fsp3) is 0.714. The third kappa shape index (κ3) is 3.79. The zero-order valence-electron chi connectivity index (χ0n) is 13.2. The van der Waals surface area contributed by atoms with Gasteiger partial charge in [-0.05, 0) is 19.8 Å². The van der Waals surface area contributed by atoms with Gasteiger partial charge in [0, 0.05) is 26.2 Å². The number of nitrogens with one attached hydrogen (secondary N) is 2. The number of ether oxygens (including phenoxy) is 1. The quantitative estimate of drug-likeness (QED) is 0.810. The van der Waals surface area contributed by atoms with Crippen molar-refractivity contribution < 1.29 is 14.3 Å². The maximum absolute atomic E-state index is 12.6. The molecule has 126 valence electrons. The van der Waals surface area contributed by atoms with Gasteiger partial charge in [-0.1, -0.05) is 0 Å². The number of urea groups is 1. The summed E-state index contributed by atoms with van der Waals surface area (Å²) in [4.78, 5) is 32.4. The number of aryl methyl sites for hydroxylation is 1. The highest BCUT2D eigenvalue weighted by molar-refractivity contribution is 5.88. The Morgan fingerprint density at radius 2 is 2.04 bits per heavy atom. The second kappa shape index (κ2) is 6.95. The lowest BCUT2D eigenvalue weighted by molar-refractivity contribution is -0.141. The molecule has 1 atom stereocenters. The number of hydrogen-bond donors (Lipinski definition) is 2. The Bertz CT molecular complexity index is 569. The Morgan fingerprint density at radius 1 is 1.26 bits per heavy atom. The van der Waals surface area contributed by atoms with Gasteiger partial charge in [-0.3, -0.25) is 15.2 Å². The van der Waals surface area contributed by atoms with Crippen LogP contribution in [-0.2, 0) is 9.53 Å². The summed E-state index contributed by atoms with van der Waals surface area (Å²) < 4.78 is 5.28. The maximum Gasteiger partial charge on any atom is 0.324 e. The number of aromatic amines is 1. The molecule has 2 aliphatic heterocycles. The monoisotopic (exact) mass is 322 g/mol. The van der Waals surface area contributed by atoms with E-state index in [0.29, 0.717) is 45.2 Å². The number of nitrogens with zero attached hydrogens (tertiary/aromatic N) is 4. The first-order valence-corrected chi connectivity index (χ1v) is 7.95. The summed E-state index contributed by atoms with van der Waals surface area (Å²) in [6.45, 7) is 5.30. The largest absolute Gasteiger partial charge is 0.378 e. The van der Waals surface area contributed by atoms with Crippen molar-refractivity contribution in [3.8, 4) is 0 Å². The molecule has 0 aliphatic carbocycles. The van der Waals surface area contributed by atoms with E-state index in [1.807, 2.05) is 4.90 Å². The lowest BCUT2D eigenvalue weighted by Gasteiger charge is -2.36. The van der Waals surface area contributed by atoms with Crippen LogP contribution in [0.25, 0.3) is 0 Å². The molecule has 3 heterocycles. The predicted molar refractivity (Wildman–Crippen MR) is 81.8 cm³/mol. The molecule has 9 nitrogen and oxygen atoms in total. The molecule has 0 bridgehead atoms. The highest BCUT2D eigenvalue weighted by Gasteiger charge is 2.32. The molecule has 2 aliphatic rings. The fourth-order valence-corrected chi connectivity index (χ4v) is 2.98. The van der Waals surface area contributed by atoms with Gasteiger partial charge in [0.05, 0.1) is 19.1 Å². The summed E-state index contributed by atoms with van der Waals surface area (Å²) in [6.07, 6.45) is 1.64. The van der Waals surface area contributed by atoms with Crippen LogP contribution in [0, 0.1) is 12.8 Å². The number of aromatic nitrogens is 3. The van der Waals surface area contributed by atoms with Crippen molar-refractivity contribution >= 4 is 17.9 Å². The number of hydrogen-bond acceptors (Lipinski definition) is 5. The van der Waals surface area contributed by atoms with Crippen LogP contribution < -0.4 is 5.32 Å². The van der Waals surface area contributed by atoms with E-state index in [-0.39, 0.29) is 23.8 Å².